The highest BCUT2D eigenvalue weighted by molar-refractivity contribution is 5.92. The molecule has 3 heteroatoms. The van der Waals surface area contributed by atoms with Gasteiger partial charge in [0, 0.05) is 12.3 Å². The van der Waals surface area contributed by atoms with Crippen LogP contribution in [0.25, 0.3) is 0 Å². The molecule has 0 aromatic heterocycles. The van der Waals surface area contributed by atoms with E-state index in [1.54, 1.807) is 0 Å². The number of esters is 1. The van der Waals surface area contributed by atoms with Crippen molar-refractivity contribution in [3.63, 3.8) is 0 Å². The largest absolute Gasteiger partial charge is 0.512 e. The third-order valence-electron chi connectivity index (χ3n) is 4.80. The van der Waals surface area contributed by atoms with Crippen molar-refractivity contribution in [2.24, 2.45) is 0 Å². The minimum atomic E-state index is -0.431. The summed E-state index contributed by atoms with van der Waals surface area (Å²) >= 11 is 0. The summed E-state index contributed by atoms with van der Waals surface area (Å²) in [4.78, 5) is 12.5. The number of ether oxygens (including phenoxy) is 1. The van der Waals surface area contributed by atoms with E-state index in [1.165, 1.54) is 0 Å². The minimum absolute atomic E-state index is 0.0857. The van der Waals surface area contributed by atoms with Crippen LogP contribution in [0.1, 0.15) is 56.9 Å². The monoisotopic (exact) mass is 286 g/mol. The molecule has 1 spiro atoms. The highest BCUT2D eigenvalue weighted by Crippen LogP contribution is 2.44. The quantitative estimate of drug-likeness (QED) is 0.845. The van der Waals surface area contributed by atoms with Gasteiger partial charge >= 0.3 is 5.97 Å². The van der Waals surface area contributed by atoms with Crippen molar-refractivity contribution in [2.75, 3.05) is 0 Å². The molecular weight excluding hydrogens is 264 g/mol. The van der Waals surface area contributed by atoms with Crippen LogP contribution in [0.3, 0.4) is 0 Å². The lowest BCUT2D eigenvalue weighted by Crippen LogP contribution is -2.38. The standard InChI is InChI=1S/C18H22O3/c1-2-14(13-8-4-3-5-9-13)16-15(19)12-18(21-17(16)20)10-6-7-11-18/h3-5,8-9,14,19H,2,6-7,10-12H2,1H3. The molecule has 112 valence electrons. The first-order valence-corrected chi connectivity index (χ1v) is 7.85. The van der Waals surface area contributed by atoms with Gasteiger partial charge in [0.25, 0.3) is 0 Å². The Labute approximate surface area is 125 Å². The van der Waals surface area contributed by atoms with Crippen molar-refractivity contribution in [1.82, 2.24) is 0 Å². The van der Waals surface area contributed by atoms with Gasteiger partial charge < -0.3 is 9.84 Å². The maximum Gasteiger partial charge on any atom is 0.338 e. The predicted octanol–water partition coefficient (Wildman–Crippen LogP) is 4.25. The maximum absolute atomic E-state index is 12.5. The van der Waals surface area contributed by atoms with Gasteiger partial charge in [0.05, 0.1) is 5.57 Å². The molecule has 1 fully saturated rings. The van der Waals surface area contributed by atoms with E-state index < -0.39 is 5.60 Å². The zero-order valence-corrected chi connectivity index (χ0v) is 12.5. The summed E-state index contributed by atoms with van der Waals surface area (Å²) in [7, 11) is 0. The highest BCUT2D eigenvalue weighted by atomic mass is 16.6. The number of aliphatic hydroxyl groups is 1. The summed E-state index contributed by atoms with van der Waals surface area (Å²) in [5, 5.41) is 10.5. The van der Waals surface area contributed by atoms with Gasteiger partial charge in [0.15, 0.2) is 0 Å². The van der Waals surface area contributed by atoms with Crippen LogP contribution in [-0.2, 0) is 9.53 Å². The third kappa shape index (κ3) is 2.57. The Bertz CT molecular complexity index is 553. The highest BCUT2D eigenvalue weighted by Gasteiger charge is 2.45. The second-order valence-electron chi connectivity index (χ2n) is 6.19. The molecule has 1 aliphatic heterocycles. The van der Waals surface area contributed by atoms with Crippen molar-refractivity contribution in [3.8, 4) is 0 Å². The first kappa shape index (κ1) is 14.2. The fourth-order valence-corrected chi connectivity index (χ4v) is 3.74. The van der Waals surface area contributed by atoms with Gasteiger partial charge in [-0.1, -0.05) is 37.3 Å². The summed E-state index contributed by atoms with van der Waals surface area (Å²) in [6.07, 6.45) is 5.15. The molecule has 0 radical (unpaired) electrons. The average Bonchev–Trinajstić information content (AvgIpc) is 2.91. The molecule has 3 rings (SSSR count). The number of hydrogen-bond donors (Lipinski definition) is 1. The van der Waals surface area contributed by atoms with Crippen molar-refractivity contribution in [2.45, 2.75) is 57.0 Å². The number of benzene rings is 1. The first-order valence-electron chi connectivity index (χ1n) is 7.85. The van der Waals surface area contributed by atoms with Gasteiger partial charge in [0.1, 0.15) is 11.4 Å². The zero-order chi connectivity index (χ0) is 14.9. The topological polar surface area (TPSA) is 46.5 Å². The number of carbonyl (C=O) groups excluding carboxylic acids is 1. The summed E-state index contributed by atoms with van der Waals surface area (Å²) in [5.41, 5.74) is 1.08. The van der Waals surface area contributed by atoms with Crippen LogP contribution in [-0.4, -0.2) is 16.7 Å². The smallest absolute Gasteiger partial charge is 0.338 e. The van der Waals surface area contributed by atoms with E-state index in [4.69, 9.17) is 4.74 Å². The summed E-state index contributed by atoms with van der Waals surface area (Å²) in [6, 6.07) is 9.88. The van der Waals surface area contributed by atoms with Crippen LogP contribution in [0.2, 0.25) is 0 Å². The van der Waals surface area contributed by atoms with E-state index in [2.05, 4.69) is 0 Å². The van der Waals surface area contributed by atoms with Crippen molar-refractivity contribution in [1.29, 1.82) is 0 Å². The average molecular weight is 286 g/mol. The molecule has 0 amide bonds. The molecule has 0 saturated heterocycles. The molecule has 1 saturated carbocycles. The summed E-state index contributed by atoms with van der Waals surface area (Å²) in [5.74, 6) is -0.169. The number of carbonyl (C=O) groups is 1. The van der Waals surface area contributed by atoms with Crippen LogP contribution in [0.15, 0.2) is 41.7 Å². The normalized spacial score (nSPS) is 22.4. The van der Waals surface area contributed by atoms with E-state index in [-0.39, 0.29) is 17.6 Å². The zero-order valence-electron chi connectivity index (χ0n) is 12.5. The van der Waals surface area contributed by atoms with Crippen LogP contribution >= 0.6 is 0 Å². The molecular formula is C18H22O3. The Hall–Kier alpha value is -1.77. The van der Waals surface area contributed by atoms with Crippen LogP contribution < -0.4 is 0 Å². The molecule has 1 aromatic carbocycles. The van der Waals surface area contributed by atoms with E-state index in [0.29, 0.717) is 12.0 Å². The Morgan fingerprint density at radius 3 is 2.48 bits per heavy atom. The molecule has 1 N–H and O–H groups in total. The van der Waals surface area contributed by atoms with Gasteiger partial charge in [-0.2, -0.15) is 0 Å². The predicted molar refractivity (Wildman–Crippen MR) is 81.0 cm³/mol. The van der Waals surface area contributed by atoms with Gasteiger partial charge in [-0.25, -0.2) is 4.79 Å². The van der Waals surface area contributed by atoms with Crippen LogP contribution in [0.4, 0.5) is 0 Å². The molecule has 3 nitrogen and oxygen atoms in total. The summed E-state index contributed by atoms with van der Waals surface area (Å²) in [6.45, 7) is 2.03. The van der Waals surface area contributed by atoms with Gasteiger partial charge in [-0.15, -0.1) is 0 Å². The van der Waals surface area contributed by atoms with E-state index in [0.717, 1.165) is 37.7 Å². The number of aliphatic hydroxyl groups excluding tert-OH is 1. The van der Waals surface area contributed by atoms with E-state index in [1.807, 2.05) is 37.3 Å². The van der Waals surface area contributed by atoms with E-state index in [9.17, 15) is 9.90 Å². The van der Waals surface area contributed by atoms with Gasteiger partial charge in [0.2, 0.25) is 0 Å². The van der Waals surface area contributed by atoms with Crippen molar-refractivity contribution in [3.05, 3.63) is 47.2 Å². The Morgan fingerprint density at radius 2 is 1.90 bits per heavy atom. The Kier molecular flexibility index (Phi) is 3.75. The van der Waals surface area contributed by atoms with Crippen molar-refractivity contribution < 1.29 is 14.6 Å². The molecule has 1 heterocycles. The maximum atomic E-state index is 12.5. The summed E-state index contributed by atoms with van der Waals surface area (Å²) < 4.78 is 5.77. The van der Waals surface area contributed by atoms with Gasteiger partial charge in [-0.3, -0.25) is 0 Å². The Balaban J connectivity index is 1.94. The molecule has 1 aromatic rings. The molecule has 2 aliphatic rings. The number of rotatable bonds is 3. The molecule has 0 bridgehead atoms. The fourth-order valence-electron chi connectivity index (χ4n) is 3.74. The second-order valence-corrected chi connectivity index (χ2v) is 6.19. The molecule has 1 aliphatic carbocycles. The lowest BCUT2D eigenvalue weighted by atomic mass is 9.83. The fraction of sp³-hybridized carbons (Fsp3) is 0.500. The Morgan fingerprint density at radius 1 is 1.24 bits per heavy atom. The second kappa shape index (κ2) is 5.55. The van der Waals surface area contributed by atoms with Crippen molar-refractivity contribution >= 4 is 5.97 Å². The number of hydrogen-bond acceptors (Lipinski definition) is 3. The SMILES string of the molecule is CCC(C1=C(O)CC2(CCCC2)OC1=O)c1ccccc1. The van der Waals surface area contributed by atoms with Crippen LogP contribution in [0.5, 0.6) is 0 Å². The lowest BCUT2D eigenvalue weighted by molar-refractivity contribution is -0.158. The lowest BCUT2D eigenvalue weighted by Gasteiger charge is -2.35. The minimum Gasteiger partial charge on any atom is -0.512 e. The molecule has 21 heavy (non-hydrogen) atoms. The van der Waals surface area contributed by atoms with E-state index >= 15 is 0 Å². The molecule has 1 atom stereocenters. The third-order valence-corrected chi connectivity index (χ3v) is 4.80. The van der Waals surface area contributed by atoms with Crippen LogP contribution in [0, 0.1) is 0 Å². The van der Waals surface area contributed by atoms with Gasteiger partial charge in [-0.05, 0) is 37.7 Å². The first-order chi connectivity index (χ1) is 10.2. The molecule has 1 unspecified atom stereocenters.